The Balaban J connectivity index is 2.24. The average molecular weight is 289 g/mol. The van der Waals surface area contributed by atoms with Crippen molar-refractivity contribution in [2.45, 2.75) is 6.42 Å². The number of hydrogen-bond acceptors (Lipinski definition) is 2. The number of amides is 2. The molecule has 0 aromatic heterocycles. The van der Waals surface area contributed by atoms with Gasteiger partial charge in [0, 0.05) is 26.1 Å². The number of nitrogens with one attached hydrogen (secondary N) is 1. The molecule has 2 rings (SSSR count). The number of hydrogen-bond donors (Lipinski definition) is 1. The fourth-order valence-electron chi connectivity index (χ4n) is 1.83. The van der Waals surface area contributed by atoms with E-state index in [1.54, 1.807) is 0 Å². The third-order valence-corrected chi connectivity index (χ3v) is 3.15. The van der Waals surface area contributed by atoms with Crippen LogP contribution in [0.25, 0.3) is 0 Å². The Labute approximate surface area is 113 Å². The Bertz CT molecular complexity index is 537. The zero-order valence-electron chi connectivity index (χ0n) is 9.88. The number of benzene rings is 1. The van der Waals surface area contributed by atoms with E-state index < -0.39 is 17.5 Å². The molecule has 0 bridgehead atoms. The first-order chi connectivity index (χ1) is 8.99. The van der Waals surface area contributed by atoms with E-state index in [0.29, 0.717) is 13.1 Å². The van der Waals surface area contributed by atoms with Gasteiger partial charge in [-0.25, -0.2) is 8.78 Å². The lowest BCUT2D eigenvalue weighted by molar-refractivity contribution is -0.120. The summed E-state index contributed by atoms with van der Waals surface area (Å²) in [6.45, 7) is 0.853. The van der Waals surface area contributed by atoms with E-state index in [-0.39, 0.29) is 29.5 Å². The van der Waals surface area contributed by atoms with E-state index in [1.165, 1.54) is 4.90 Å². The molecule has 7 heteroatoms. The maximum Gasteiger partial charge on any atom is 0.255 e. The zero-order valence-corrected chi connectivity index (χ0v) is 10.6. The molecule has 0 radical (unpaired) electrons. The average Bonchev–Trinajstić information content (AvgIpc) is 2.58. The van der Waals surface area contributed by atoms with Gasteiger partial charge in [-0.3, -0.25) is 9.59 Å². The van der Waals surface area contributed by atoms with Gasteiger partial charge in [0.25, 0.3) is 5.91 Å². The van der Waals surface area contributed by atoms with Crippen molar-refractivity contribution >= 4 is 23.4 Å². The molecule has 1 heterocycles. The highest BCUT2D eigenvalue weighted by molar-refractivity contribution is 6.33. The van der Waals surface area contributed by atoms with E-state index in [1.807, 2.05) is 0 Å². The standard InChI is InChI=1S/C12H11ClF2N2O2/c13-8-6-10(15)9(14)5-7(8)12(19)17-3-1-11(18)16-2-4-17/h5-6H,1-4H2,(H,16,18). The topological polar surface area (TPSA) is 49.4 Å². The van der Waals surface area contributed by atoms with Gasteiger partial charge in [-0.1, -0.05) is 11.6 Å². The largest absolute Gasteiger partial charge is 0.354 e. The van der Waals surface area contributed by atoms with Gasteiger partial charge in [-0.15, -0.1) is 0 Å². The summed E-state index contributed by atoms with van der Waals surface area (Å²) >= 11 is 5.75. The minimum atomic E-state index is -1.13. The molecule has 0 spiro atoms. The molecule has 1 fully saturated rings. The molecule has 0 unspecified atom stereocenters. The molecule has 19 heavy (non-hydrogen) atoms. The summed E-state index contributed by atoms with van der Waals surface area (Å²) in [5, 5.41) is 2.47. The number of carbonyl (C=O) groups is 2. The van der Waals surface area contributed by atoms with Gasteiger partial charge in [-0.05, 0) is 12.1 Å². The molecular weight excluding hydrogens is 278 g/mol. The summed E-state index contributed by atoms with van der Waals surface area (Å²) in [6, 6.07) is 1.55. The fraction of sp³-hybridized carbons (Fsp3) is 0.333. The summed E-state index contributed by atoms with van der Waals surface area (Å²) in [6.07, 6.45) is 0.174. The van der Waals surface area contributed by atoms with Crippen LogP contribution in [-0.2, 0) is 4.79 Å². The second-order valence-electron chi connectivity index (χ2n) is 4.14. The van der Waals surface area contributed by atoms with Crippen LogP contribution in [0.4, 0.5) is 8.78 Å². The van der Waals surface area contributed by atoms with Crippen LogP contribution in [0.2, 0.25) is 5.02 Å². The first kappa shape index (κ1) is 13.7. The van der Waals surface area contributed by atoms with E-state index in [4.69, 9.17) is 11.6 Å². The zero-order chi connectivity index (χ0) is 14.0. The predicted molar refractivity (Wildman–Crippen MR) is 64.9 cm³/mol. The van der Waals surface area contributed by atoms with Crippen molar-refractivity contribution in [2.24, 2.45) is 0 Å². The van der Waals surface area contributed by atoms with Crippen LogP contribution in [0.5, 0.6) is 0 Å². The van der Waals surface area contributed by atoms with Crippen LogP contribution in [0.3, 0.4) is 0 Å². The second-order valence-corrected chi connectivity index (χ2v) is 4.55. The quantitative estimate of drug-likeness (QED) is 0.798. The monoisotopic (exact) mass is 288 g/mol. The first-order valence-electron chi connectivity index (χ1n) is 5.69. The van der Waals surface area contributed by atoms with Crippen molar-refractivity contribution in [2.75, 3.05) is 19.6 Å². The van der Waals surface area contributed by atoms with Gasteiger partial charge in [0.05, 0.1) is 10.6 Å². The molecule has 0 atom stereocenters. The fourth-order valence-corrected chi connectivity index (χ4v) is 2.06. The van der Waals surface area contributed by atoms with Gasteiger partial charge in [0.15, 0.2) is 11.6 Å². The molecule has 1 aromatic rings. The summed E-state index contributed by atoms with van der Waals surface area (Å²) in [5.74, 6) is -2.89. The Morgan fingerprint density at radius 1 is 1.26 bits per heavy atom. The SMILES string of the molecule is O=C1CCN(C(=O)c2cc(F)c(F)cc2Cl)CCN1. The van der Waals surface area contributed by atoms with Crippen LogP contribution in [0, 0.1) is 11.6 Å². The van der Waals surface area contributed by atoms with Crippen molar-refractivity contribution in [3.63, 3.8) is 0 Å². The number of rotatable bonds is 1. The Kier molecular flexibility index (Phi) is 3.99. The smallest absolute Gasteiger partial charge is 0.255 e. The summed E-state index contributed by atoms with van der Waals surface area (Å²) in [7, 11) is 0. The molecule has 2 amide bonds. The van der Waals surface area contributed by atoms with Crippen molar-refractivity contribution in [1.29, 1.82) is 0 Å². The number of nitrogens with zero attached hydrogens (tertiary/aromatic N) is 1. The maximum atomic E-state index is 13.2. The molecule has 1 aromatic carbocycles. The van der Waals surface area contributed by atoms with Gasteiger partial charge >= 0.3 is 0 Å². The van der Waals surface area contributed by atoms with Crippen LogP contribution in [-0.4, -0.2) is 36.3 Å². The summed E-state index contributed by atoms with van der Waals surface area (Å²) < 4.78 is 26.1. The third kappa shape index (κ3) is 3.01. The number of carbonyl (C=O) groups excluding carboxylic acids is 2. The molecule has 1 N–H and O–H groups in total. The van der Waals surface area contributed by atoms with Gasteiger partial charge < -0.3 is 10.2 Å². The van der Waals surface area contributed by atoms with E-state index in [2.05, 4.69) is 5.32 Å². The lowest BCUT2D eigenvalue weighted by Crippen LogP contribution is -2.34. The highest BCUT2D eigenvalue weighted by atomic mass is 35.5. The minimum Gasteiger partial charge on any atom is -0.354 e. The Hall–Kier alpha value is -1.69. The number of halogens is 3. The molecule has 0 saturated carbocycles. The summed E-state index contributed by atoms with van der Waals surface area (Å²) in [5.41, 5.74) is -0.102. The van der Waals surface area contributed by atoms with Crippen molar-refractivity contribution < 1.29 is 18.4 Å². The maximum absolute atomic E-state index is 13.2. The predicted octanol–water partition coefficient (Wildman–Crippen LogP) is 1.58. The third-order valence-electron chi connectivity index (χ3n) is 2.84. The Morgan fingerprint density at radius 3 is 2.68 bits per heavy atom. The molecule has 4 nitrogen and oxygen atoms in total. The van der Waals surface area contributed by atoms with E-state index >= 15 is 0 Å². The molecule has 1 aliphatic rings. The molecule has 0 aliphatic carbocycles. The van der Waals surface area contributed by atoms with Gasteiger partial charge in [0.1, 0.15) is 0 Å². The molecular formula is C12H11ClF2N2O2. The van der Waals surface area contributed by atoms with E-state index in [0.717, 1.165) is 12.1 Å². The highest BCUT2D eigenvalue weighted by Crippen LogP contribution is 2.21. The Morgan fingerprint density at radius 2 is 1.95 bits per heavy atom. The van der Waals surface area contributed by atoms with Gasteiger partial charge in [-0.2, -0.15) is 0 Å². The van der Waals surface area contributed by atoms with Crippen molar-refractivity contribution in [3.05, 3.63) is 34.4 Å². The molecule has 1 aliphatic heterocycles. The highest BCUT2D eigenvalue weighted by Gasteiger charge is 2.23. The van der Waals surface area contributed by atoms with Crippen LogP contribution < -0.4 is 5.32 Å². The van der Waals surface area contributed by atoms with Gasteiger partial charge in [0.2, 0.25) is 5.91 Å². The lowest BCUT2D eigenvalue weighted by Gasteiger charge is -2.20. The van der Waals surface area contributed by atoms with Crippen LogP contribution >= 0.6 is 11.6 Å². The van der Waals surface area contributed by atoms with Crippen LogP contribution in [0.15, 0.2) is 12.1 Å². The molecule has 102 valence electrons. The first-order valence-corrected chi connectivity index (χ1v) is 6.07. The molecule has 1 saturated heterocycles. The minimum absolute atomic E-state index is 0.102. The van der Waals surface area contributed by atoms with E-state index in [9.17, 15) is 18.4 Å². The normalized spacial score (nSPS) is 15.9. The van der Waals surface area contributed by atoms with Crippen molar-refractivity contribution in [1.82, 2.24) is 10.2 Å². The van der Waals surface area contributed by atoms with Crippen molar-refractivity contribution in [3.8, 4) is 0 Å². The second kappa shape index (κ2) is 5.52. The van der Waals surface area contributed by atoms with Crippen LogP contribution in [0.1, 0.15) is 16.8 Å². The summed E-state index contributed by atoms with van der Waals surface area (Å²) in [4.78, 5) is 24.7. The lowest BCUT2D eigenvalue weighted by atomic mass is 10.1.